The van der Waals surface area contributed by atoms with Crippen LogP contribution in [0.15, 0.2) is 24.3 Å². The van der Waals surface area contributed by atoms with Gasteiger partial charge in [0.15, 0.2) is 5.78 Å². The minimum Gasteiger partial charge on any atom is -0.316 e. The van der Waals surface area contributed by atoms with Crippen LogP contribution < -0.4 is 0 Å². The lowest BCUT2D eigenvalue weighted by molar-refractivity contribution is 0.0972. The van der Waals surface area contributed by atoms with Gasteiger partial charge in [-0.05, 0) is 38.0 Å². The fraction of sp³-hybridized carbons (Fsp3) is 0.250. The van der Waals surface area contributed by atoms with Crippen molar-refractivity contribution in [3.8, 4) is 11.8 Å². The van der Waals surface area contributed by atoms with E-state index in [0.717, 1.165) is 24.2 Å². The predicted octanol–water partition coefficient (Wildman–Crippen LogP) is 3.32. The number of aryl methyl sites for hydroxylation is 1. The number of carbonyl (C=O) groups excluding carboxylic acids is 1. The van der Waals surface area contributed by atoms with E-state index in [9.17, 15) is 14.4 Å². The number of fused-ring (bicyclic) bond motifs is 1. The van der Waals surface area contributed by atoms with Crippen molar-refractivity contribution >= 4 is 5.78 Å². The molecule has 20 heavy (non-hydrogen) atoms. The molecule has 3 rings (SSSR count). The van der Waals surface area contributed by atoms with Crippen LogP contribution in [0.3, 0.4) is 0 Å². The summed E-state index contributed by atoms with van der Waals surface area (Å²) in [5.41, 5.74) is 2.99. The SMILES string of the molecule is Cc1cc2c(n1-c1cccc(F)c1C#N)CCCC2=O. The smallest absolute Gasteiger partial charge is 0.164 e. The Kier molecular flexibility index (Phi) is 2.90. The lowest BCUT2D eigenvalue weighted by Crippen LogP contribution is -2.13. The zero-order valence-electron chi connectivity index (χ0n) is 11.1. The molecule has 0 fully saturated rings. The third-order valence-electron chi connectivity index (χ3n) is 3.75. The maximum Gasteiger partial charge on any atom is 0.164 e. The molecule has 1 heterocycles. The monoisotopic (exact) mass is 268 g/mol. The standard InChI is InChI=1S/C16H13FN2O/c1-10-8-11-14(6-3-7-16(11)20)19(10)15-5-2-4-13(17)12(15)9-18/h2,4-5,8H,3,6-7H2,1H3. The summed E-state index contributed by atoms with van der Waals surface area (Å²) < 4.78 is 15.6. The number of ketones is 1. The van der Waals surface area contributed by atoms with Crippen LogP contribution in [0.4, 0.5) is 4.39 Å². The summed E-state index contributed by atoms with van der Waals surface area (Å²) in [6, 6.07) is 8.33. The lowest BCUT2D eigenvalue weighted by Gasteiger charge is -2.17. The van der Waals surface area contributed by atoms with Gasteiger partial charge < -0.3 is 4.57 Å². The Morgan fingerprint density at radius 2 is 2.15 bits per heavy atom. The molecule has 2 aromatic rings. The minimum absolute atomic E-state index is 0.0204. The lowest BCUT2D eigenvalue weighted by atomic mass is 9.96. The van der Waals surface area contributed by atoms with E-state index in [-0.39, 0.29) is 11.3 Å². The van der Waals surface area contributed by atoms with Crippen LogP contribution in [0.5, 0.6) is 0 Å². The average Bonchev–Trinajstić information content (AvgIpc) is 2.76. The van der Waals surface area contributed by atoms with Gasteiger partial charge in [0, 0.05) is 23.4 Å². The van der Waals surface area contributed by atoms with Gasteiger partial charge in [-0.3, -0.25) is 4.79 Å². The van der Waals surface area contributed by atoms with Gasteiger partial charge in [0.2, 0.25) is 0 Å². The number of halogens is 1. The first kappa shape index (κ1) is 12.6. The van der Waals surface area contributed by atoms with Crippen LogP contribution in [0.2, 0.25) is 0 Å². The Bertz CT molecular complexity index is 753. The van der Waals surface area contributed by atoms with E-state index in [0.29, 0.717) is 17.7 Å². The van der Waals surface area contributed by atoms with Gasteiger partial charge in [-0.25, -0.2) is 4.39 Å². The van der Waals surface area contributed by atoms with Gasteiger partial charge in [-0.2, -0.15) is 5.26 Å². The van der Waals surface area contributed by atoms with E-state index in [2.05, 4.69) is 0 Å². The molecule has 100 valence electrons. The fourth-order valence-corrected chi connectivity index (χ4v) is 2.87. The third kappa shape index (κ3) is 1.75. The summed E-state index contributed by atoms with van der Waals surface area (Å²) in [6.45, 7) is 1.87. The van der Waals surface area contributed by atoms with Crippen molar-refractivity contribution in [1.29, 1.82) is 5.26 Å². The minimum atomic E-state index is -0.533. The second-order valence-corrected chi connectivity index (χ2v) is 5.00. The number of nitrogens with zero attached hydrogens (tertiary/aromatic N) is 2. The van der Waals surface area contributed by atoms with Crippen molar-refractivity contribution in [2.45, 2.75) is 26.2 Å². The summed E-state index contributed by atoms with van der Waals surface area (Å²) in [6.07, 6.45) is 2.13. The van der Waals surface area contributed by atoms with E-state index in [1.54, 1.807) is 12.1 Å². The van der Waals surface area contributed by atoms with Gasteiger partial charge in [0.1, 0.15) is 17.4 Å². The molecule has 0 unspecified atom stereocenters. The molecular weight excluding hydrogens is 255 g/mol. The molecular formula is C16H13FN2O. The normalized spacial score (nSPS) is 13.9. The van der Waals surface area contributed by atoms with E-state index in [1.807, 2.05) is 23.6 Å². The van der Waals surface area contributed by atoms with Crippen LogP contribution in [0.1, 0.15) is 40.2 Å². The van der Waals surface area contributed by atoms with Crippen molar-refractivity contribution in [2.24, 2.45) is 0 Å². The molecule has 0 radical (unpaired) electrons. The molecule has 1 aromatic carbocycles. The summed E-state index contributed by atoms with van der Waals surface area (Å²) in [5.74, 6) is -0.406. The summed E-state index contributed by atoms with van der Waals surface area (Å²) in [5, 5.41) is 9.17. The molecule has 0 bridgehead atoms. The maximum atomic E-state index is 13.8. The molecule has 0 aliphatic heterocycles. The second-order valence-electron chi connectivity index (χ2n) is 5.00. The molecule has 0 amide bonds. The predicted molar refractivity (Wildman–Crippen MR) is 72.4 cm³/mol. The Labute approximate surface area is 116 Å². The molecule has 0 atom stereocenters. The van der Waals surface area contributed by atoms with Gasteiger partial charge in [-0.15, -0.1) is 0 Å². The highest BCUT2D eigenvalue weighted by Gasteiger charge is 2.24. The summed E-state index contributed by atoms with van der Waals surface area (Å²) >= 11 is 0. The van der Waals surface area contributed by atoms with Crippen LogP contribution in [0.25, 0.3) is 5.69 Å². The van der Waals surface area contributed by atoms with Crippen LogP contribution in [-0.2, 0) is 6.42 Å². The van der Waals surface area contributed by atoms with Crippen LogP contribution in [-0.4, -0.2) is 10.4 Å². The molecule has 0 N–H and O–H groups in total. The zero-order valence-corrected chi connectivity index (χ0v) is 11.1. The van der Waals surface area contributed by atoms with E-state index in [1.165, 1.54) is 6.07 Å². The molecule has 0 saturated heterocycles. The summed E-state index contributed by atoms with van der Waals surface area (Å²) in [4.78, 5) is 12.0. The molecule has 1 aliphatic carbocycles. The van der Waals surface area contributed by atoms with Gasteiger partial charge in [-0.1, -0.05) is 6.07 Å². The van der Waals surface area contributed by atoms with Crippen molar-refractivity contribution in [3.05, 3.63) is 52.6 Å². The Hall–Kier alpha value is -2.41. The first-order valence-electron chi connectivity index (χ1n) is 6.57. The van der Waals surface area contributed by atoms with E-state index >= 15 is 0 Å². The average molecular weight is 268 g/mol. The van der Waals surface area contributed by atoms with Gasteiger partial charge in [0.05, 0.1) is 5.69 Å². The summed E-state index contributed by atoms with van der Waals surface area (Å²) in [7, 11) is 0. The van der Waals surface area contributed by atoms with E-state index < -0.39 is 5.82 Å². The molecule has 0 spiro atoms. The van der Waals surface area contributed by atoms with Gasteiger partial charge in [0.25, 0.3) is 0 Å². The maximum absolute atomic E-state index is 13.8. The van der Waals surface area contributed by atoms with Crippen molar-refractivity contribution in [1.82, 2.24) is 4.57 Å². The number of rotatable bonds is 1. The quantitative estimate of drug-likeness (QED) is 0.796. The van der Waals surface area contributed by atoms with Crippen LogP contribution >= 0.6 is 0 Å². The second kappa shape index (κ2) is 4.61. The number of carbonyl (C=O) groups is 1. The Morgan fingerprint density at radius 3 is 2.90 bits per heavy atom. The zero-order chi connectivity index (χ0) is 14.3. The Morgan fingerprint density at radius 1 is 1.35 bits per heavy atom. The molecule has 1 aromatic heterocycles. The highest BCUT2D eigenvalue weighted by Crippen LogP contribution is 2.29. The number of hydrogen-bond acceptors (Lipinski definition) is 2. The molecule has 4 heteroatoms. The fourth-order valence-electron chi connectivity index (χ4n) is 2.87. The number of benzene rings is 1. The van der Waals surface area contributed by atoms with Crippen molar-refractivity contribution in [2.75, 3.05) is 0 Å². The molecule has 3 nitrogen and oxygen atoms in total. The number of nitriles is 1. The third-order valence-corrected chi connectivity index (χ3v) is 3.75. The molecule has 1 aliphatic rings. The number of Topliss-reactive ketones (excluding diaryl/α,β-unsaturated/α-hetero) is 1. The largest absolute Gasteiger partial charge is 0.316 e. The highest BCUT2D eigenvalue weighted by molar-refractivity contribution is 5.98. The Balaban J connectivity index is 2.30. The first-order chi connectivity index (χ1) is 9.63. The molecule has 0 saturated carbocycles. The van der Waals surface area contributed by atoms with Crippen LogP contribution in [0, 0.1) is 24.1 Å². The first-order valence-corrected chi connectivity index (χ1v) is 6.57. The van der Waals surface area contributed by atoms with Crippen molar-refractivity contribution in [3.63, 3.8) is 0 Å². The van der Waals surface area contributed by atoms with Crippen molar-refractivity contribution < 1.29 is 9.18 Å². The van der Waals surface area contributed by atoms with Gasteiger partial charge >= 0.3 is 0 Å². The van der Waals surface area contributed by atoms with E-state index in [4.69, 9.17) is 0 Å². The number of hydrogen-bond donors (Lipinski definition) is 0. The number of aromatic nitrogens is 1. The topological polar surface area (TPSA) is 45.8 Å². The highest BCUT2D eigenvalue weighted by atomic mass is 19.1.